The molecule has 22 rings (SSSR count). The summed E-state index contributed by atoms with van der Waals surface area (Å²) < 4.78 is 182. The van der Waals surface area contributed by atoms with Crippen LogP contribution in [0.1, 0.15) is 156 Å². The quantitative estimate of drug-likeness (QED) is 0.165. The molecule has 4 atom stereocenters. The van der Waals surface area contributed by atoms with Crippen LogP contribution < -0.4 is 9.13 Å². The van der Waals surface area contributed by atoms with E-state index in [0.717, 1.165) is 71.4 Å². The molecule has 6 aliphatic carbocycles. The first-order chi connectivity index (χ1) is 53.8. The molecule has 0 amide bonds. The monoisotopic (exact) mass is 1240 g/mol. The highest BCUT2D eigenvalue weighted by Crippen LogP contribution is 2.59. The van der Waals surface area contributed by atoms with Crippen molar-refractivity contribution in [2.45, 2.75) is 71.7 Å². The molecule has 95 heavy (non-hydrogen) atoms. The molecule has 6 nitrogen and oxygen atoms in total. The number of fused-ring (bicyclic) bond motifs is 8. The topological polar surface area (TPSA) is 59.8 Å². The van der Waals surface area contributed by atoms with Crippen molar-refractivity contribution < 1.29 is 44.0 Å². The molecule has 454 valence electrons. The second kappa shape index (κ2) is 20.5. The Hall–Kier alpha value is -11.1. The summed E-state index contributed by atoms with van der Waals surface area (Å²) in [6.45, 7) is -8.85. The molecule has 0 spiro atoms. The summed E-state index contributed by atoms with van der Waals surface area (Å²) in [4.78, 5) is 8.66. The minimum atomic E-state index is -2.57. The third-order valence-corrected chi connectivity index (χ3v) is 20.1. The molecule has 6 heterocycles. The van der Waals surface area contributed by atoms with Crippen LogP contribution >= 0.6 is 0 Å². The maximum atomic E-state index is 10.5. The number of hydrogen-bond donors (Lipinski definition) is 0. The van der Waals surface area contributed by atoms with Gasteiger partial charge in [0.2, 0.25) is 22.8 Å². The number of benzene rings is 10. The van der Waals surface area contributed by atoms with Gasteiger partial charge in [0, 0.05) is 106 Å². The summed E-state index contributed by atoms with van der Waals surface area (Å²) in [5, 5.41) is 5.96. The third-order valence-electron chi connectivity index (χ3n) is 20.1. The molecule has 0 saturated carbocycles. The molecular formula is C89H68N4O2+2. The Labute approximate surface area is 578 Å². The standard InChI is InChI=1S/C45H35N2O.C44H33N2O/c1-24-18-25(2)41(44-40(24)34-16-14-27(4)46-45(34)48-44)39-22-35(26(3)23-47(39)5)30-15-17-33-36(21-30)43-32-13-9-8-12-31(32)42(33)37-19-28-10-6-7-11-29(28)20-38(37)43;1-24-13-16-33-34-17-14-26(3)45-44(34)47-43(33)40(24)39-22-35(25(2)23-46(39)4)29-15-18-32-36(21-29)42-31-12-8-7-11-30(31)41(32)37-19-27-9-5-6-10-28(27)20-38(37)42/h6-23,42-43H,1-5H3;5-23,41-42H,1-4H3/q2*+1/i1D3,3D3,4D3,42D,43D;2D3,3D3,41D,42D. The van der Waals surface area contributed by atoms with E-state index in [-0.39, 0.29) is 50.5 Å². The lowest BCUT2D eigenvalue weighted by Gasteiger charge is -2.42. The number of furan rings is 2. The van der Waals surface area contributed by atoms with Gasteiger partial charge in [0.25, 0.3) is 0 Å². The number of aryl methyl sites for hydroxylation is 9. The summed E-state index contributed by atoms with van der Waals surface area (Å²) in [5.41, 5.74) is 15.1. The van der Waals surface area contributed by atoms with E-state index in [0.29, 0.717) is 94.5 Å². The fourth-order valence-electron chi connectivity index (χ4n) is 15.9. The van der Waals surface area contributed by atoms with Crippen molar-refractivity contribution in [1.29, 1.82) is 0 Å². The highest BCUT2D eigenvalue weighted by Gasteiger charge is 2.44. The summed E-state index contributed by atoms with van der Waals surface area (Å²) in [7, 11) is 3.50. The van der Waals surface area contributed by atoms with Crippen molar-refractivity contribution in [2.24, 2.45) is 14.1 Å². The molecule has 0 radical (unpaired) electrons. The van der Waals surface area contributed by atoms with Crippen LogP contribution in [0.4, 0.5) is 0 Å². The van der Waals surface area contributed by atoms with Gasteiger partial charge < -0.3 is 8.83 Å². The predicted molar refractivity (Wildman–Crippen MR) is 385 cm³/mol. The van der Waals surface area contributed by atoms with Crippen LogP contribution in [0.15, 0.2) is 234 Å². The highest BCUT2D eigenvalue weighted by molar-refractivity contribution is 6.11. The fourth-order valence-corrected chi connectivity index (χ4v) is 15.9. The van der Waals surface area contributed by atoms with Crippen LogP contribution in [-0.2, 0) is 14.1 Å². The number of pyridine rings is 4. The molecule has 0 N–H and O–H groups in total. The van der Waals surface area contributed by atoms with E-state index < -0.39 is 57.8 Å². The van der Waals surface area contributed by atoms with Gasteiger partial charge in [0.1, 0.15) is 14.1 Å². The Morgan fingerprint density at radius 1 is 0.347 bits per heavy atom. The zero-order chi connectivity index (χ0) is 80.2. The molecular weight excluding hydrogens is 1160 g/mol. The average Bonchev–Trinajstić information content (AvgIpc) is 0.769. The van der Waals surface area contributed by atoms with Crippen LogP contribution in [0.25, 0.3) is 110 Å². The van der Waals surface area contributed by atoms with Crippen molar-refractivity contribution in [2.75, 3.05) is 0 Å². The van der Waals surface area contributed by atoms with E-state index in [1.807, 2.05) is 177 Å². The van der Waals surface area contributed by atoms with Crippen LogP contribution in [0.5, 0.6) is 0 Å². The lowest BCUT2D eigenvalue weighted by atomic mass is 9.60. The lowest BCUT2D eigenvalue weighted by Crippen LogP contribution is -2.31. The van der Waals surface area contributed by atoms with Gasteiger partial charge in [-0.2, -0.15) is 0 Å². The number of aromatic nitrogens is 4. The predicted octanol–water partition coefficient (Wildman–Crippen LogP) is 20.7. The molecule has 0 aliphatic heterocycles. The zero-order valence-electron chi connectivity index (χ0n) is 71.0. The van der Waals surface area contributed by atoms with Gasteiger partial charge in [0.15, 0.2) is 23.6 Å². The van der Waals surface area contributed by atoms with Gasteiger partial charge in [-0.3, -0.25) is 0 Å². The first kappa shape index (κ1) is 39.5. The van der Waals surface area contributed by atoms with Gasteiger partial charge >= 0.3 is 0 Å². The summed E-state index contributed by atoms with van der Waals surface area (Å²) >= 11 is 0. The molecule has 0 saturated heterocycles. The first-order valence-corrected chi connectivity index (χ1v) is 31.7. The van der Waals surface area contributed by atoms with E-state index in [2.05, 4.69) is 16.0 Å². The van der Waals surface area contributed by atoms with E-state index in [1.165, 1.54) is 18.2 Å². The van der Waals surface area contributed by atoms with Crippen LogP contribution in [0.2, 0.25) is 0 Å². The normalized spacial score (nSPS) is 22.8. The van der Waals surface area contributed by atoms with E-state index in [1.54, 1.807) is 60.7 Å². The first-order valence-electron chi connectivity index (χ1n) is 41.2. The number of hydrogen-bond acceptors (Lipinski definition) is 4. The van der Waals surface area contributed by atoms with Crippen LogP contribution in [-0.4, -0.2) is 9.97 Å². The van der Waals surface area contributed by atoms with Gasteiger partial charge in [0.05, 0.1) is 11.1 Å². The van der Waals surface area contributed by atoms with Crippen molar-refractivity contribution in [3.8, 4) is 44.8 Å². The third kappa shape index (κ3) is 8.16. The molecule has 6 aromatic heterocycles. The van der Waals surface area contributed by atoms with Crippen LogP contribution in [0.3, 0.4) is 0 Å². The van der Waals surface area contributed by atoms with Gasteiger partial charge in [-0.05, 0) is 236 Å². The largest absolute Gasteiger partial charge is 0.437 e. The summed E-state index contributed by atoms with van der Waals surface area (Å²) in [6, 6.07) is 65.9. The number of rotatable bonds is 4. The molecule has 0 fully saturated rings. The Morgan fingerprint density at radius 2 is 0.747 bits per heavy atom. The molecule has 4 unspecified atom stereocenters. The number of nitrogens with zero attached hydrogens (tertiary/aromatic N) is 4. The van der Waals surface area contributed by atoms with Crippen molar-refractivity contribution in [3.05, 3.63) is 331 Å². The highest BCUT2D eigenvalue weighted by atomic mass is 16.3. The summed E-state index contributed by atoms with van der Waals surface area (Å²) in [5.74, 6) is -5.40. The van der Waals surface area contributed by atoms with Crippen molar-refractivity contribution >= 4 is 65.7 Å². The van der Waals surface area contributed by atoms with Gasteiger partial charge in [-0.1, -0.05) is 140 Å². The Kier molecular flexibility index (Phi) is 8.50. The second-order valence-electron chi connectivity index (χ2n) is 25.6. The molecule has 16 aromatic rings. The lowest BCUT2D eigenvalue weighted by molar-refractivity contribution is -0.660. The average molecular weight is 1240 g/mol. The molecule has 6 aliphatic rings. The van der Waals surface area contributed by atoms with E-state index >= 15 is 0 Å². The maximum absolute atomic E-state index is 10.5. The maximum Gasteiger partial charge on any atom is 0.227 e. The molecule has 4 bridgehead atoms. The van der Waals surface area contributed by atoms with Crippen LogP contribution in [0, 0.1) is 48.1 Å². The minimum Gasteiger partial charge on any atom is -0.437 e. The summed E-state index contributed by atoms with van der Waals surface area (Å²) in [6.07, 6.45) is 3.17. The second-order valence-corrected chi connectivity index (χ2v) is 25.6. The smallest absolute Gasteiger partial charge is 0.227 e. The van der Waals surface area contributed by atoms with E-state index in [9.17, 15) is 5.48 Å². The zero-order valence-corrected chi connectivity index (χ0v) is 52.0. The van der Waals surface area contributed by atoms with Crippen molar-refractivity contribution in [1.82, 2.24) is 9.97 Å². The molecule has 6 heteroatoms. The molecule has 10 aromatic carbocycles. The fraction of sp³-hybridized carbons (Fsp3) is 0.146. The van der Waals surface area contributed by atoms with E-state index in [4.69, 9.17) is 29.4 Å². The Bertz CT molecular complexity index is 6950. The minimum absolute atomic E-state index is 0.0149. The van der Waals surface area contributed by atoms with Gasteiger partial charge in [-0.15, -0.1) is 0 Å². The van der Waals surface area contributed by atoms with Crippen molar-refractivity contribution in [3.63, 3.8) is 0 Å². The van der Waals surface area contributed by atoms with Gasteiger partial charge in [-0.25, -0.2) is 19.1 Å². The Balaban J connectivity index is 0.000000153. The Morgan fingerprint density at radius 3 is 1.22 bits per heavy atom. The SMILES string of the molecule is [2H]C([2H])([2H])c1ccc2c(n1)oc1c(-c3cc(-c4ccc5c(c4)C4([2H])c6ccccc6C5([2H])c5cc6ccccc6cc54)c(C([2H])([2H])[2H])c[n+]3C)c(C)cc(C([2H])([2H])[2H])c12.[2H]C([2H])([2H])c1ccc2c(n1)oc1c(-c3cc(-c4ccc5c(c4)C4([2H])c6ccccc6C5([2H])c5cc6ccccc6cc54)c(C([2H])([2H])[2H])c[n+]3C)c(C)ccc12.